The fourth-order valence-electron chi connectivity index (χ4n) is 1.09. The quantitative estimate of drug-likeness (QED) is 0.360. The zero-order valence-electron chi connectivity index (χ0n) is 10.5. The molecule has 0 spiro atoms. The van der Waals surface area contributed by atoms with Gasteiger partial charge in [-0.1, -0.05) is 28.2 Å². The van der Waals surface area contributed by atoms with Crippen molar-refractivity contribution in [2.45, 2.75) is 0 Å². The van der Waals surface area contributed by atoms with Crippen LogP contribution in [0.15, 0.2) is 25.0 Å². The maximum Gasteiger partial charge on any atom is 0.248 e. The van der Waals surface area contributed by atoms with Crippen molar-refractivity contribution in [3.05, 3.63) is 25.0 Å². The first-order chi connectivity index (χ1) is 9.26. The summed E-state index contributed by atoms with van der Waals surface area (Å²) in [5, 5.41) is 5.74. The summed E-state index contributed by atoms with van der Waals surface area (Å²) < 4.78 is 0. The third kappa shape index (κ3) is 7.04. The number of hydrogen-bond donors (Lipinski definition) is 3. The summed E-state index contributed by atoms with van der Waals surface area (Å²) in [5.74, 6) is 2.74. The van der Waals surface area contributed by atoms with E-state index < -0.39 is 0 Å². The van der Waals surface area contributed by atoms with Crippen LogP contribution in [0.4, 0.5) is 11.6 Å². The van der Waals surface area contributed by atoms with Crippen LogP contribution in [0.5, 0.6) is 0 Å². The van der Waals surface area contributed by atoms with E-state index >= 15 is 0 Å². The number of nitrogens with one attached hydrogen (secondary N) is 2. The monoisotopic (exact) mass is 299 g/mol. The molecule has 8 heteroatoms. The Morgan fingerprint density at radius 3 is 2.84 bits per heavy atom. The van der Waals surface area contributed by atoms with Gasteiger partial charge >= 0.3 is 0 Å². The molecule has 0 atom stereocenters. The first kappa shape index (κ1) is 15.8. The maximum atomic E-state index is 11.1. The van der Waals surface area contributed by atoms with Gasteiger partial charge in [0.2, 0.25) is 5.91 Å². The van der Waals surface area contributed by atoms with Crippen LogP contribution in [0.1, 0.15) is 0 Å². The second-order valence-electron chi connectivity index (χ2n) is 3.34. The molecule has 0 aliphatic heterocycles. The standard InChI is InChI=1S/C11H17N5OS2/c1-2-11(17)16-10-7-9(14-8-15-10)13-4-6-19-18-5-3-12/h2,7-8H,1,3-6,12H2,(H2,13,14,15,16,17). The van der Waals surface area contributed by atoms with Crippen molar-refractivity contribution in [1.29, 1.82) is 0 Å². The fourth-order valence-corrected chi connectivity index (χ4v) is 2.85. The minimum absolute atomic E-state index is 0.293. The van der Waals surface area contributed by atoms with E-state index in [2.05, 4.69) is 27.2 Å². The van der Waals surface area contributed by atoms with E-state index in [9.17, 15) is 4.79 Å². The number of nitrogens with two attached hydrogens (primary N) is 1. The largest absolute Gasteiger partial charge is 0.369 e. The number of amides is 1. The van der Waals surface area contributed by atoms with Crippen LogP contribution >= 0.6 is 21.6 Å². The van der Waals surface area contributed by atoms with Crippen LogP contribution < -0.4 is 16.4 Å². The average Bonchev–Trinajstić information content (AvgIpc) is 2.43. The molecule has 0 aromatic carbocycles. The minimum Gasteiger partial charge on any atom is -0.369 e. The Balaban J connectivity index is 2.31. The molecule has 0 unspecified atom stereocenters. The summed E-state index contributed by atoms with van der Waals surface area (Å²) in [5.41, 5.74) is 5.39. The molecular formula is C11H17N5OS2. The molecule has 1 amide bonds. The molecule has 0 bridgehead atoms. The maximum absolute atomic E-state index is 11.1. The van der Waals surface area contributed by atoms with Crippen LogP contribution in [0.25, 0.3) is 0 Å². The third-order valence-corrected chi connectivity index (χ3v) is 4.32. The van der Waals surface area contributed by atoms with E-state index in [4.69, 9.17) is 5.73 Å². The van der Waals surface area contributed by atoms with Gasteiger partial charge in [-0.2, -0.15) is 0 Å². The number of carbonyl (C=O) groups excluding carboxylic acids is 1. The van der Waals surface area contributed by atoms with Crippen LogP contribution in [-0.4, -0.2) is 40.5 Å². The van der Waals surface area contributed by atoms with Crippen molar-refractivity contribution in [3.8, 4) is 0 Å². The van der Waals surface area contributed by atoms with Crippen molar-refractivity contribution in [1.82, 2.24) is 9.97 Å². The van der Waals surface area contributed by atoms with Gasteiger partial charge < -0.3 is 16.4 Å². The van der Waals surface area contributed by atoms with Crippen molar-refractivity contribution >= 4 is 39.1 Å². The summed E-state index contributed by atoms with van der Waals surface area (Å²) in [4.78, 5) is 19.1. The van der Waals surface area contributed by atoms with Crippen LogP contribution in [0.3, 0.4) is 0 Å². The molecule has 4 N–H and O–H groups in total. The Labute approximate surface area is 120 Å². The molecule has 1 rings (SSSR count). The van der Waals surface area contributed by atoms with E-state index in [1.165, 1.54) is 12.4 Å². The summed E-state index contributed by atoms with van der Waals surface area (Å²) in [6, 6.07) is 1.68. The number of hydrogen-bond acceptors (Lipinski definition) is 7. The van der Waals surface area contributed by atoms with Gasteiger partial charge in [-0.05, 0) is 6.08 Å². The first-order valence-electron chi connectivity index (χ1n) is 5.70. The lowest BCUT2D eigenvalue weighted by Gasteiger charge is -2.06. The van der Waals surface area contributed by atoms with Crippen molar-refractivity contribution in [2.75, 3.05) is 35.2 Å². The van der Waals surface area contributed by atoms with Crippen LogP contribution in [0.2, 0.25) is 0 Å². The highest BCUT2D eigenvalue weighted by Gasteiger charge is 2.00. The molecule has 0 fully saturated rings. The van der Waals surface area contributed by atoms with E-state index in [0.29, 0.717) is 18.2 Å². The molecule has 0 saturated heterocycles. The summed E-state index contributed by atoms with van der Waals surface area (Å²) in [6.07, 6.45) is 2.60. The van der Waals surface area contributed by atoms with Gasteiger partial charge in [0.25, 0.3) is 0 Å². The SMILES string of the molecule is C=CC(=O)Nc1cc(NCCSSCCN)ncn1. The number of carbonyl (C=O) groups is 1. The van der Waals surface area contributed by atoms with Crippen LogP contribution in [-0.2, 0) is 4.79 Å². The smallest absolute Gasteiger partial charge is 0.248 e. The molecular weight excluding hydrogens is 282 g/mol. The van der Waals surface area contributed by atoms with E-state index in [1.807, 2.05) is 0 Å². The zero-order valence-corrected chi connectivity index (χ0v) is 12.1. The highest BCUT2D eigenvalue weighted by molar-refractivity contribution is 8.76. The molecule has 0 aliphatic carbocycles. The Kier molecular flexibility index (Phi) is 8.03. The molecule has 0 radical (unpaired) electrons. The summed E-state index contributed by atoms with van der Waals surface area (Å²) in [7, 11) is 3.52. The number of rotatable bonds is 9. The number of nitrogens with zero attached hydrogens (tertiary/aromatic N) is 2. The van der Waals surface area contributed by atoms with Crippen LogP contribution in [0, 0.1) is 0 Å². The highest BCUT2D eigenvalue weighted by atomic mass is 33.1. The van der Waals surface area contributed by atoms with Crippen molar-refractivity contribution < 1.29 is 4.79 Å². The van der Waals surface area contributed by atoms with Crippen molar-refractivity contribution in [2.24, 2.45) is 5.73 Å². The Bertz CT molecular complexity index is 416. The first-order valence-corrected chi connectivity index (χ1v) is 8.19. The Hall–Kier alpha value is -1.25. The molecule has 1 heterocycles. The Morgan fingerprint density at radius 1 is 1.37 bits per heavy atom. The third-order valence-electron chi connectivity index (χ3n) is 1.88. The molecule has 0 aliphatic rings. The van der Waals surface area contributed by atoms with Crippen molar-refractivity contribution in [3.63, 3.8) is 0 Å². The van der Waals surface area contributed by atoms with E-state index in [1.54, 1.807) is 27.7 Å². The molecule has 1 aromatic rings. The Morgan fingerprint density at radius 2 is 2.11 bits per heavy atom. The minimum atomic E-state index is -0.293. The van der Waals surface area contributed by atoms with E-state index in [-0.39, 0.29) is 5.91 Å². The highest BCUT2D eigenvalue weighted by Crippen LogP contribution is 2.19. The van der Waals surface area contributed by atoms with Gasteiger partial charge in [0, 0.05) is 30.7 Å². The fraction of sp³-hybridized carbons (Fsp3) is 0.364. The summed E-state index contributed by atoms with van der Waals surface area (Å²) in [6.45, 7) is 4.86. The molecule has 19 heavy (non-hydrogen) atoms. The number of anilines is 2. The van der Waals surface area contributed by atoms with Gasteiger partial charge in [-0.25, -0.2) is 9.97 Å². The second-order valence-corrected chi connectivity index (χ2v) is 6.04. The number of aromatic nitrogens is 2. The van der Waals surface area contributed by atoms with Gasteiger partial charge in [0.1, 0.15) is 18.0 Å². The lowest BCUT2D eigenvalue weighted by atomic mass is 10.5. The lowest BCUT2D eigenvalue weighted by Crippen LogP contribution is -2.11. The normalized spacial score (nSPS) is 9.95. The van der Waals surface area contributed by atoms with Gasteiger partial charge in [0.15, 0.2) is 0 Å². The molecule has 1 aromatic heterocycles. The van der Waals surface area contributed by atoms with Gasteiger partial charge in [-0.3, -0.25) is 4.79 Å². The lowest BCUT2D eigenvalue weighted by molar-refractivity contribution is -0.111. The predicted octanol–water partition coefficient (Wildman–Crippen LogP) is 1.35. The predicted molar refractivity (Wildman–Crippen MR) is 83.3 cm³/mol. The topological polar surface area (TPSA) is 92.9 Å². The van der Waals surface area contributed by atoms with E-state index in [0.717, 1.165) is 18.1 Å². The van der Waals surface area contributed by atoms with Gasteiger partial charge in [-0.15, -0.1) is 0 Å². The average molecular weight is 299 g/mol. The second kappa shape index (κ2) is 9.65. The molecule has 0 saturated carbocycles. The summed E-state index contributed by atoms with van der Waals surface area (Å²) >= 11 is 0. The molecule has 104 valence electrons. The molecule has 6 nitrogen and oxygen atoms in total. The van der Waals surface area contributed by atoms with Gasteiger partial charge in [0.05, 0.1) is 0 Å². The zero-order chi connectivity index (χ0) is 13.9.